The van der Waals surface area contributed by atoms with Crippen molar-refractivity contribution in [3.8, 4) is 23.1 Å². The van der Waals surface area contributed by atoms with E-state index in [1.807, 2.05) is 0 Å². The number of aromatic nitrogens is 3. The van der Waals surface area contributed by atoms with Crippen LogP contribution in [0.1, 0.15) is 30.9 Å². The van der Waals surface area contributed by atoms with Crippen LogP contribution >= 0.6 is 0 Å². The molecule has 44 heavy (non-hydrogen) atoms. The molecule has 2 aliphatic rings. The summed E-state index contributed by atoms with van der Waals surface area (Å²) in [4.78, 5) is 14.2. The normalized spacial score (nSPS) is 21.9. The minimum Gasteiger partial charge on any atom is -0.474 e. The lowest BCUT2D eigenvalue weighted by Crippen LogP contribution is -2.32. The quantitative estimate of drug-likeness (QED) is 0.255. The van der Waals surface area contributed by atoms with Gasteiger partial charge in [-0.1, -0.05) is 0 Å². The monoisotopic (exact) mass is 631 g/mol. The molecular weight excluding hydrogens is 599 g/mol. The summed E-state index contributed by atoms with van der Waals surface area (Å²) in [5, 5.41) is 6.10. The number of benzene rings is 1. The molecule has 0 spiro atoms. The van der Waals surface area contributed by atoms with E-state index >= 15 is 4.39 Å². The van der Waals surface area contributed by atoms with E-state index in [9.17, 15) is 26.3 Å². The van der Waals surface area contributed by atoms with Crippen LogP contribution < -0.4 is 25.8 Å². The molecule has 9 nitrogen and oxygen atoms in total. The summed E-state index contributed by atoms with van der Waals surface area (Å²) in [5.74, 6) is -5.94. The average molecular weight is 632 g/mol. The first-order chi connectivity index (χ1) is 20.5. The Morgan fingerprint density at radius 2 is 1.82 bits per heavy atom. The van der Waals surface area contributed by atoms with E-state index < -0.39 is 87.9 Å². The van der Waals surface area contributed by atoms with E-state index in [1.54, 1.807) is 25.9 Å². The molecule has 2 aromatic heterocycles. The molecule has 16 heteroatoms. The highest BCUT2D eigenvalue weighted by Crippen LogP contribution is 2.60. The Morgan fingerprint density at radius 1 is 1.11 bits per heavy atom. The number of anilines is 2. The molecule has 0 radical (unpaired) electrons. The lowest BCUT2D eigenvalue weighted by atomic mass is 9.96. The zero-order chi connectivity index (χ0) is 32.2. The van der Waals surface area contributed by atoms with Crippen LogP contribution in [-0.4, -0.2) is 78.8 Å². The largest absolute Gasteiger partial charge is 0.474 e. The van der Waals surface area contributed by atoms with E-state index in [0.29, 0.717) is 25.6 Å². The minimum absolute atomic E-state index is 0.00573. The van der Waals surface area contributed by atoms with Gasteiger partial charge in [-0.25, -0.2) is 22.5 Å². The molecule has 0 bridgehead atoms. The first kappa shape index (κ1) is 31.8. The lowest BCUT2D eigenvalue weighted by Gasteiger charge is -2.22. The summed E-state index contributed by atoms with van der Waals surface area (Å²) in [6.45, 7) is 3.32. The fourth-order valence-electron chi connectivity index (χ4n) is 5.46. The topological polar surface area (TPSA) is 110 Å². The van der Waals surface area contributed by atoms with Crippen LogP contribution in [0.2, 0.25) is 0 Å². The molecule has 1 aliphatic carbocycles. The van der Waals surface area contributed by atoms with Crippen molar-refractivity contribution in [3.05, 3.63) is 28.8 Å². The first-order valence-electron chi connectivity index (χ1n) is 13.9. The Hall–Kier alpha value is -3.66. The second kappa shape index (κ2) is 11.4. The first-order valence-corrected chi connectivity index (χ1v) is 13.9. The zero-order valence-corrected chi connectivity index (χ0v) is 24.4. The van der Waals surface area contributed by atoms with Crippen LogP contribution in [0.25, 0.3) is 22.2 Å². The van der Waals surface area contributed by atoms with E-state index in [0.717, 1.165) is 6.92 Å². The Kier molecular flexibility index (Phi) is 8.20. The molecule has 0 amide bonds. The third kappa shape index (κ3) is 5.88. The summed E-state index contributed by atoms with van der Waals surface area (Å²) in [6, 6.07) is 0.176. The van der Waals surface area contributed by atoms with Crippen LogP contribution in [0, 0.1) is 24.0 Å². The molecule has 2 atom stereocenters. The highest BCUT2D eigenvalue weighted by Gasteiger charge is 2.71. The highest BCUT2D eigenvalue weighted by molar-refractivity contribution is 5.96. The molecule has 1 aromatic carbocycles. The molecule has 5 rings (SSSR count). The number of halogens is 7. The zero-order valence-electron chi connectivity index (χ0n) is 24.4. The number of hydrogen-bond donors (Lipinski definition) is 3. The van der Waals surface area contributed by atoms with Gasteiger partial charge in [-0.3, -0.25) is 0 Å². The highest BCUT2D eigenvalue weighted by atomic mass is 19.4. The number of nitrogen functional groups attached to an aromatic ring is 1. The number of hydrogen-bond acceptors (Lipinski definition) is 9. The number of ether oxygens (including phenoxy) is 2. The molecule has 0 saturated heterocycles. The van der Waals surface area contributed by atoms with Gasteiger partial charge in [0.1, 0.15) is 34.8 Å². The molecule has 1 saturated carbocycles. The van der Waals surface area contributed by atoms with Gasteiger partial charge in [-0.2, -0.15) is 23.1 Å². The van der Waals surface area contributed by atoms with Crippen LogP contribution in [0.5, 0.6) is 11.9 Å². The number of nitrogens with one attached hydrogen (secondary N) is 2. The summed E-state index contributed by atoms with van der Waals surface area (Å²) in [5.41, 5.74) is -1.01. The molecule has 1 unspecified atom stereocenters. The second-order valence-corrected chi connectivity index (χ2v) is 11.6. The molecule has 1 aliphatic heterocycles. The summed E-state index contributed by atoms with van der Waals surface area (Å²) < 4.78 is 114. The van der Waals surface area contributed by atoms with E-state index in [4.69, 9.17) is 15.2 Å². The van der Waals surface area contributed by atoms with Crippen molar-refractivity contribution in [1.29, 1.82) is 0 Å². The number of nitrogens with zero attached hydrogens (tertiary/aromatic N) is 4. The fraction of sp³-hybridized carbons (Fsp3) is 0.536. The van der Waals surface area contributed by atoms with Gasteiger partial charge in [0.05, 0.1) is 22.8 Å². The Bertz CT molecular complexity index is 1580. The predicted octanol–water partition coefficient (Wildman–Crippen LogP) is 5.02. The molecular formula is C28H32F7N7O2. The van der Waals surface area contributed by atoms with Crippen LogP contribution in [-0.2, 0) is 6.18 Å². The number of nitrogens with two attached hydrogens (primary N) is 1. The summed E-state index contributed by atoms with van der Waals surface area (Å²) in [7, 11) is 3.27. The third-order valence-corrected chi connectivity index (χ3v) is 7.74. The van der Waals surface area contributed by atoms with Gasteiger partial charge in [0.2, 0.25) is 5.88 Å². The van der Waals surface area contributed by atoms with Crippen molar-refractivity contribution in [3.63, 3.8) is 0 Å². The predicted molar refractivity (Wildman–Crippen MR) is 149 cm³/mol. The van der Waals surface area contributed by atoms with Crippen LogP contribution in [0.15, 0.2) is 6.07 Å². The van der Waals surface area contributed by atoms with Crippen LogP contribution in [0.3, 0.4) is 0 Å². The van der Waals surface area contributed by atoms with Gasteiger partial charge in [0, 0.05) is 31.6 Å². The van der Waals surface area contributed by atoms with Gasteiger partial charge in [0.25, 0.3) is 5.92 Å². The maximum Gasteiger partial charge on any atom is 0.417 e. The van der Waals surface area contributed by atoms with E-state index in [1.165, 1.54) is 0 Å². The lowest BCUT2D eigenvalue weighted by molar-refractivity contribution is -0.137. The van der Waals surface area contributed by atoms with Crippen molar-refractivity contribution in [1.82, 2.24) is 25.2 Å². The van der Waals surface area contributed by atoms with Gasteiger partial charge in [0.15, 0.2) is 5.82 Å². The SMILES string of the molecule is Cc1c(F)c(N)cc(-c2nc3c4c(nc(OCC5(CN(C)C)CC5(F)F)nc4c2F)NCCNCC[C@H](C)O3)c1C(F)(F)F. The third-order valence-electron chi connectivity index (χ3n) is 7.74. The standard InChI is InChI=1S/C28H32F7N7O2/c1-13-5-6-37-7-8-38-23-17-22(40-25(41-23)43-12-26(11-42(3)4)10-27(26,31)32)20(30)21(39-24(17)44-13)15-9-16(36)19(29)14(2)18(15)28(33,34)35/h9,13,37H,5-8,10-12,36H2,1-4H3,(H,38,40,41)/t13-,26?/m0/s1. The van der Waals surface area contributed by atoms with Crippen molar-refractivity contribution in [2.24, 2.45) is 5.41 Å². The number of pyridine rings is 1. The van der Waals surface area contributed by atoms with Gasteiger partial charge < -0.3 is 30.7 Å². The Balaban J connectivity index is 1.73. The van der Waals surface area contributed by atoms with Gasteiger partial charge in [-0.15, -0.1) is 0 Å². The van der Waals surface area contributed by atoms with Crippen molar-refractivity contribution in [2.45, 2.75) is 44.9 Å². The summed E-state index contributed by atoms with van der Waals surface area (Å²) in [6.07, 6.45) is -5.62. The molecule has 4 N–H and O–H groups in total. The molecule has 3 aromatic rings. The average Bonchev–Trinajstić information content (AvgIpc) is 3.47. The summed E-state index contributed by atoms with van der Waals surface area (Å²) >= 11 is 0. The van der Waals surface area contributed by atoms with Crippen molar-refractivity contribution in [2.75, 3.05) is 57.9 Å². The van der Waals surface area contributed by atoms with Gasteiger partial charge in [-0.05, 0) is 52.5 Å². The number of alkyl halides is 5. The molecule has 1 fully saturated rings. The van der Waals surface area contributed by atoms with Crippen molar-refractivity contribution >= 4 is 22.4 Å². The van der Waals surface area contributed by atoms with Gasteiger partial charge >= 0.3 is 12.2 Å². The fourth-order valence-corrected chi connectivity index (χ4v) is 5.46. The molecule has 240 valence electrons. The molecule has 3 heterocycles. The van der Waals surface area contributed by atoms with Crippen molar-refractivity contribution < 1.29 is 40.2 Å². The second-order valence-electron chi connectivity index (χ2n) is 11.6. The van der Waals surface area contributed by atoms with E-state index in [2.05, 4.69) is 25.6 Å². The Labute approximate surface area is 248 Å². The Morgan fingerprint density at radius 3 is 2.45 bits per heavy atom. The maximum absolute atomic E-state index is 16.4. The van der Waals surface area contributed by atoms with Crippen LogP contribution in [0.4, 0.5) is 42.2 Å². The van der Waals surface area contributed by atoms with E-state index in [-0.39, 0.29) is 30.2 Å². The minimum atomic E-state index is -5.11. The number of rotatable bonds is 6. The maximum atomic E-state index is 16.4. The smallest absolute Gasteiger partial charge is 0.417 e.